The van der Waals surface area contributed by atoms with Gasteiger partial charge in [-0.15, -0.1) is 0 Å². The van der Waals surface area contributed by atoms with E-state index in [1.165, 1.54) is 11.1 Å². The van der Waals surface area contributed by atoms with Crippen LogP contribution in [0, 0.1) is 5.92 Å². The normalized spacial score (nSPS) is 18.2. The highest BCUT2D eigenvalue weighted by Gasteiger charge is 2.26. The SMILES string of the molecule is CC(C)c1ccc([C@@H](N)CNC(=O)[C@@H]2CCc3cn[nH]c3C2)cc1. The molecule has 1 aliphatic carbocycles. The molecule has 1 amide bonds. The van der Waals surface area contributed by atoms with Gasteiger partial charge in [0.05, 0.1) is 6.20 Å². The fourth-order valence-corrected chi connectivity index (χ4v) is 3.23. The van der Waals surface area contributed by atoms with Crippen LogP contribution < -0.4 is 11.1 Å². The first-order valence-electron chi connectivity index (χ1n) is 8.69. The van der Waals surface area contributed by atoms with Gasteiger partial charge in [-0.05, 0) is 35.4 Å². The first-order valence-corrected chi connectivity index (χ1v) is 8.69. The average Bonchev–Trinajstić information content (AvgIpc) is 3.07. The molecule has 1 heterocycles. The average molecular weight is 326 g/mol. The van der Waals surface area contributed by atoms with Crippen molar-refractivity contribution in [3.05, 3.63) is 52.8 Å². The van der Waals surface area contributed by atoms with Crippen LogP contribution in [0.2, 0.25) is 0 Å². The predicted molar refractivity (Wildman–Crippen MR) is 94.6 cm³/mol. The quantitative estimate of drug-likeness (QED) is 0.789. The van der Waals surface area contributed by atoms with E-state index in [0.29, 0.717) is 12.5 Å². The van der Waals surface area contributed by atoms with Crippen molar-refractivity contribution in [3.8, 4) is 0 Å². The van der Waals surface area contributed by atoms with Gasteiger partial charge in [0, 0.05) is 30.6 Å². The van der Waals surface area contributed by atoms with E-state index in [0.717, 1.165) is 30.5 Å². The molecule has 0 bridgehead atoms. The van der Waals surface area contributed by atoms with Gasteiger partial charge in [0.1, 0.15) is 0 Å². The van der Waals surface area contributed by atoms with Gasteiger partial charge in [0.15, 0.2) is 0 Å². The first kappa shape index (κ1) is 16.7. The summed E-state index contributed by atoms with van der Waals surface area (Å²) in [7, 11) is 0. The number of amides is 1. The van der Waals surface area contributed by atoms with Crippen LogP contribution in [0.5, 0.6) is 0 Å². The Hall–Kier alpha value is -2.14. The maximum Gasteiger partial charge on any atom is 0.223 e. The molecule has 2 aromatic rings. The minimum atomic E-state index is -0.179. The largest absolute Gasteiger partial charge is 0.354 e. The first-order chi connectivity index (χ1) is 11.5. The van der Waals surface area contributed by atoms with Crippen molar-refractivity contribution in [1.29, 1.82) is 0 Å². The van der Waals surface area contributed by atoms with Crippen molar-refractivity contribution >= 4 is 5.91 Å². The molecular weight excluding hydrogens is 300 g/mol. The summed E-state index contributed by atoms with van der Waals surface area (Å²) in [4.78, 5) is 12.4. The third kappa shape index (κ3) is 3.67. The summed E-state index contributed by atoms with van der Waals surface area (Å²) in [6, 6.07) is 8.17. The summed E-state index contributed by atoms with van der Waals surface area (Å²) in [5.41, 5.74) is 10.9. The fraction of sp³-hybridized carbons (Fsp3) is 0.474. The van der Waals surface area contributed by atoms with Gasteiger partial charge < -0.3 is 11.1 Å². The Morgan fingerprint density at radius 2 is 2.04 bits per heavy atom. The van der Waals surface area contributed by atoms with Crippen molar-refractivity contribution in [2.24, 2.45) is 11.7 Å². The van der Waals surface area contributed by atoms with Gasteiger partial charge in [-0.2, -0.15) is 5.10 Å². The summed E-state index contributed by atoms with van der Waals surface area (Å²) in [5, 5.41) is 10.1. The number of hydrogen-bond donors (Lipinski definition) is 3. The van der Waals surface area contributed by atoms with E-state index in [2.05, 4.69) is 53.6 Å². The van der Waals surface area contributed by atoms with Gasteiger partial charge in [-0.25, -0.2) is 0 Å². The number of carbonyl (C=O) groups excluding carboxylic acids is 1. The van der Waals surface area contributed by atoms with Gasteiger partial charge in [0.2, 0.25) is 5.91 Å². The van der Waals surface area contributed by atoms with Crippen molar-refractivity contribution in [2.75, 3.05) is 6.54 Å². The lowest BCUT2D eigenvalue weighted by atomic mass is 9.87. The van der Waals surface area contributed by atoms with E-state index < -0.39 is 0 Å². The summed E-state index contributed by atoms with van der Waals surface area (Å²) in [5.74, 6) is 0.603. The van der Waals surface area contributed by atoms with E-state index in [1.54, 1.807) is 0 Å². The van der Waals surface area contributed by atoms with Crippen LogP contribution in [0.15, 0.2) is 30.5 Å². The van der Waals surface area contributed by atoms with Crippen molar-refractivity contribution in [2.45, 2.75) is 45.1 Å². The Morgan fingerprint density at radius 1 is 1.33 bits per heavy atom. The fourth-order valence-electron chi connectivity index (χ4n) is 3.23. The molecule has 24 heavy (non-hydrogen) atoms. The number of hydrogen-bond acceptors (Lipinski definition) is 3. The second kappa shape index (κ2) is 7.18. The summed E-state index contributed by atoms with van der Waals surface area (Å²) >= 11 is 0. The van der Waals surface area contributed by atoms with Gasteiger partial charge in [-0.3, -0.25) is 9.89 Å². The molecule has 128 valence electrons. The molecule has 0 aliphatic heterocycles. The van der Waals surface area contributed by atoms with Crippen LogP contribution in [-0.4, -0.2) is 22.6 Å². The van der Waals surface area contributed by atoms with Crippen molar-refractivity contribution in [3.63, 3.8) is 0 Å². The van der Waals surface area contributed by atoms with E-state index in [1.807, 2.05) is 6.20 Å². The third-order valence-electron chi connectivity index (χ3n) is 4.92. The number of aromatic amines is 1. The van der Waals surface area contributed by atoms with E-state index in [4.69, 9.17) is 5.73 Å². The highest BCUT2D eigenvalue weighted by molar-refractivity contribution is 5.79. The van der Waals surface area contributed by atoms with Gasteiger partial charge >= 0.3 is 0 Å². The molecule has 4 N–H and O–H groups in total. The molecule has 2 atom stereocenters. The molecule has 5 nitrogen and oxygen atoms in total. The number of carbonyl (C=O) groups is 1. The van der Waals surface area contributed by atoms with Crippen molar-refractivity contribution < 1.29 is 4.79 Å². The molecule has 0 saturated carbocycles. The molecular formula is C19H26N4O. The molecule has 0 fully saturated rings. The number of nitrogens with zero attached hydrogens (tertiary/aromatic N) is 1. The predicted octanol–water partition coefficient (Wildman–Crippen LogP) is 2.45. The minimum Gasteiger partial charge on any atom is -0.354 e. The number of aromatic nitrogens is 2. The summed E-state index contributed by atoms with van der Waals surface area (Å²) < 4.78 is 0. The molecule has 1 aliphatic rings. The number of H-pyrrole nitrogens is 1. The number of aryl methyl sites for hydroxylation is 1. The minimum absolute atomic E-state index is 0.00784. The molecule has 1 aromatic heterocycles. The lowest BCUT2D eigenvalue weighted by Gasteiger charge is -2.22. The highest BCUT2D eigenvalue weighted by atomic mass is 16.1. The van der Waals surface area contributed by atoms with Crippen LogP contribution in [0.3, 0.4) is 0 Å². The van der Waals surface area contributed by atoms with E-state index in [-0.39, 0.29) is 17.9 Å². The molecule has 0 unspecified atom stereocenters. The monoisotopic (exact) mass is 326 g/mol. The molecule has 3 rings (SSSR count). The molecule has 1 aromatic carbocycles. The van der Waals surface area contributed by atoms with Crippen LogP contribution in [0.1, 0.15) is 54.6 Å². The van der Waals surface area contributed by atoms with Crippen LogP contribution in [0.25, 0.3) is 0 Å². The Balaban J connectivity index is 1.52. The second-order valence-corrected chi connectivity index (χ2v) is 6.99. The number of rotatable bonds is 5. The van der Waals surface area contributed by atoms with E-state index >= 15 is 0 Å². The van der Waals surface area contributed by atoms with Crippen molar-refractivity contribution in [1.82, 2.24) is 15.5 Å². The Bertz CT molecular complexity index is 690. The Morgan fingerprint density at radius 3 is 2.75 bits per heavy atom. The number of nitrogens with one attached hydrogen (secondary N) is 2. The molecule has 0 radical (unpaired) electrons. The van der Waals surface area contributed by atoms with Crippen LogP contribution in [0.4, 0.5) is 0 Å². The van der Waals surface area contributed by atoms with Gasteiger partial charge in [-0.1, -0.05) is 38.1 Å². The topological polar surface area (TPSA) is 83.8 Å². The smallest absolute Gasteiger partial charge is 0.223 e. The molecule has 0 spiro atoms. The van der Waals surface area contributed by atoms with E-state index in [9.17, 15) is 4.79 Å². The Labute approximate surface area is 143 Å². The lowest BCUT2D eigenvalue weighted by molar-refractivity contribution is -0.125. The van der Waals surface area contributed by atoms with Gasteiger partial charge in [0.25, 0.3) is 0 Å². The standard InChI is InChI=1S/C19H26N4O/c1-12(2)13-3-5-14(6-4-13)17(20)11-21-19(24)15-7-8-16-10-22-23-18(16)9-15/h3-6,10,12,15,17H,7-9,11,20H2,1-2H3,(H,21,24)(H,22,23)/t15-,17+/m1/s1. The highest BCUT2D eigenvalue weighted by Crippen LogP contribution is 2.24. The number of fused-ring (bicyclic) bond motifs is 1. The second-order valence-electron chi connectivity index (χ2n) is 6.99. The molecule has 5 heteroatoms. The maximum absolute atomic E-state index is 12.4. The number of nitrogens with two attached hydrogens (primary N) is 1. The third-order valence-corrected chi connectivity index (χ3v) is 4.92. The summed E-state index contributed by atoms with van der Waals surface area (Å²) in [6.07, 6.45) is 4.38. The maximum atomic E-state index is 12.4. The lowest BCUT2D eigenvalue weighted by Crippen LogP contribution is -2.38. The summed E-state index contributed by atoms with van der Waals surface area (Å²) in [6.45, 7) is 4.81. The Kier molecular flexibility index (Phi) is 5.00. The molecule has 0 saturated heterocycles. The zero-order valence-corrected chi connectivity index (χ0v) is 14.4. The van der Waals surface area contributed by atoms with Crippen LogP contribution in [-0.2, 0) is 17.6 Å². The zero-order chi connectivity index (χ0) is 17.1. The zero-order valence-electron chi connectivity index (χ0n) is 14.4. The van der Waals surface area contributed by atoms with Crippen LogP contribution >= 0.6 is 0 Å². The number of benzene rings is 1.